The molecule has 0 unspecified atom stereocenters. The number of carbonyl (C=O) groups is 1. The molecule has 0 saturated carbocycles. The fourth-order valence-electron chi connectivity index (χ4n) is 1.86. The van der Waals surface area contributed by atoms with E-state index in [0.29, 0.717) is 25.3 Å². The van der Waals surface area contributed by atoms with Crippen LogP contribution in [0.25, 0.3) is 5.69 Å². The highest BCUT2D eigenvalue weighted by molar-refractivity contribution is 5.97. The number of ether oxygens (including phenoxy) is 1. The summed E-state index contributed by atoms with van der Waals surface area (Å²) in [5.41, 5.74) is 1.39. The lowest BCUT2D eigenvalue weighted by Gasteiger charge is -2.18. The number of nitrogens with zero attached hydrogens (tertiary/aromatic N) is 4. The van der Waals surface area contributed by atoms with Crippen molar-refractivity contribution in [2.45, 2.75) is 6.92 Å². The van der Waals surface area contributed by atoms with Crippen LogP contribution in [0.15, 0.2) is 36.9 Å². The maximum atomic E-state index is 12.5. The fourth-order valence-corrected chi connectivity index (χ4v) is 1.86. The first kappa shape index (κ1) is 14.2. The molecule has 0 aliphatic heterocycles. The van der Waals surface area contributed by atoms with Crippen LogP contribution in [0.5, 0.6) is 0 Å². The molecular weight excluding hydrogens is 256 g/mol. The summed E-state index contributed by atoms with van der Waals surface area (Å²) in [6.07, 6.45) is 3.15. The Morgan fingerprint density at radius 3 is 2.70 bits per heavy atom. The maximum absolute atomic E-state index is 12.5. The maximum Gasteiger partial charge on any atom is 0.255 e. The summed E-state index contributed by atoms with van der Waals surface area (Å²) in [5.74, 6) is -0.0472. The van der Waals surface area contributed by atoms with Crippen molar-refractivity contribution in [1.29, 1.82) is 0 Å². The van der Waals surface area contributed by atoms with Crippen molar-refractivity contribution in [2.24, 2.45) is 0 Å². The molecule has 0 radical (unpaired) electrons. The van der Waals surface area contributed by atoms with Crippen LogP contribution in [0.2, 0.25) is 0 Å². The molecular formula is C14H18N4O2. The highest BCUT2D eigenvalue weighted by atomic mass is 16.5. The summed E-state index contributed by atoms with van der Waals surface area (Å²) in [4.78, 5) is 14.1. The lowest BCUT2D eigenvalue weighted by atomic mass is 10.1. The van der Waals surface area contributed by atoms with Crippen LogP contribution in [0.3, 0.4) is 0 Å². The molecule has 2 aromatic rings. The first-order chi connectivity index (χ1) is 9.74. The molecule has 1 aromatic carbocycles. The third-order valence-corrected chi connectivity index (χ3v) is 2.95. The van der Waals surface area contributed by atoms with Crippen LogP contribution in [0.1, 0.15) is 17.3 Å². The van der Waals surface area contributed by atoms with Gasteiger partial charge in [0.25, 0.3) is 5.91 Å². The summed E-state index contributed by atoms with van der Waals surface area (Å²) in [6.45, 7) is 3.68. The molecule has 0 aliphatic rings. The van der Waals surface area contributed by atoms with Gasteiger partial charge in [-0.25, -0.2) is 0 Å². The van der Waals surface area contributed by atoms with Gasteiger partial charge in [-0.2, -0.15) is 0 Å². The predicted octanol–water partition coefficient (Wildman–Crippen LogP) is 1.38. The minimum Gasteiger partial charge on any atom is -0.380 e. The number of likely N-dealkylation sites (N-methyl/N-ethyl adjacent to an activating group) is 1. The van der Waals surface area contributed by atoms with Gasteiger partial charge in [0.1, 0.15) is 12.7 Å². The topological polar surface area (TPSA) is 60.2 Å². The van der Waals surface area contributed by atoms with Crippen LogP contribution in [-0.4, -0.2) is 52.4 Å². The Balaban J connectivity index is 2.18. The van der Waals surface area contributed by atoms with Crippen LogP contribution in [-0.2, 0) is 4.74 Å². The van der Waals surface area contributed by atoms with Gasteiger partial charge in [0.05, 0.1) is 17.9 Å². The zero-order valence-electron chi connectivity index (χ0n) is 11.7. The third kappa shape index (κ3) is 3.21. The minimum atomic E-state index is -0.0472. The monoisotopic (exact) mass is 274 g/mol. The van der Waals surface area contributed by atoms with Crippen molar-refractivity contribution in [1.82, 2.24) is 19.7 Å². The Morgan fingerprint density at radius 1 is 1.30 bits per heavy atom. The summed E-state index contributed by atoms with van der Waals surface area (Å²) in [6, 6.07) is 7.39. The summed E-state index contributed by atoms with van der Waals surface area (Å²) < 4.78 is 7.00. The van der Waals surface area contributed by atoms with Crippen LogP contribution in [0, 0.1) is 0 Å². The van der Waals surface area contributed by atoms with Crippen molar-refractivity contribution in [2.75, 3.05) is 26.8 Å². The van der Waals surface area contributed by atoms with Crippen molar-refractivity contribution in [3.8, 4) is 5.69 Å². The zero-order valence-corrected chi connectivity index (χ0v) is 11.7. The average Bonchev–Trinajstić information content (AvgIpc) is 3.00. The lowest BCUT2D eigenvalue weighted by molar-refractivity contribution is 0.0710. The van der Waals surface area contributed by atoms with E-state index >= 15 is 0 Å². The molecule has 1 aromatic heterocycles. The minimum absolute atomic E-state index is 0.0472. The SMILES string of the molecule is CCOCCN(C)C(=O)c1ccccc1-n1cnnc1. The largest absolute Gasteiger partial charge is 0.380 e. The number of benzene rings is 1. The van der Waals surface area contributed by atoms with Crippen molar-refractivity contribution >= 4 is 5.91 Å². The van der Waals surface area contributed by atoms with E-state index in [4.69, 9.17) is 4.74 Å². The van der Waals surface area contributed by atoms with Gasteiger partial charge in [-0.15, -0.1) is 10.2 Å². The van der Waals surface area contributed by atoms with Gasteiger partial charge >= 0.3 is 0 Å². The standard InChI is InChI=1S/C14H18N4O2/c1-3-20-9-8-17(2)14(19)12-6-4-5-7-13(12)18-10-15-16-11-18/h4-7,10-11H,3,8-9H2,1-2H3. The van der Waals surface area contributed by atoms with Crippen molar-refractivity contribution < 1.29 is 9.53 Å². The van der Waals surface area contributed by atoms with Gasteiger partial charge in [0, 0.05) is 20.2 Å². The van der Waals surface area contributed by atoms with E-state index in [9.17, 15) is 4.79 Å². The lowest BCUT2D eigenvalue weighted by Crippen LogP contribution is -2.30. The second-order valence-electron chi connectivity index (χ2n) is 4.31. The molecule has 0 fully saturated rings. The molecule has 2 rings (SSSR count). The van der Waals surface area contributed by atoms with Gasteiger partial charge < -0.3 is 9.64 Å². The average molecular weight is 274 g/mol. The van der Waals surface area contributed by atoms with Gasteiger partial charge in [-0.05, 0) is 19.1 Å². The first-order valence-corrected chi connectivity index (χ1v) is 6.51. The Morgan fingerprint density at radius 2 is 2.00 bits per heavy atom. The number of aromatic nitrogens is 3. The van der Waals surface area contributed by atoms with E-state index in [2.05, 4.69) is 10.2 Å². The van der Waals surface area contributed by atoms with Gasteiger partial charge in [0.15, 0.2) is 0 Å². The molecule has 6 nitrogen and oxygen atoms in total. The van der Waals surface area contributed by atoms with E-state index in [-0.39, 0.29) is 5.91 Å². The van der Waals surface area contributed by atoms with Crippen molar-refractivity contribution in [3.05, 3.63) is 42.5 Å². The summed E-state index contributed by atoms with van der Waals surface area (Å²) in [7, 11) is 1.77. The van der Waals surface area contributed by atoms with Crippen LogP contribution >= 0.6 is 0 Å². The van der Waals surface area contributed by atoms with Gasteiger partial charge in [-0.3, -0.25) is 9.36 Å². The zero-order chi connectivity index (χ0) is 14.4. The first-order valence-electron chi connectivity index (χ1n) is 6.51. The van der Waals surface area contributed by atoms with E-state index in [1.54, 1.807) is 35.2 Å². The van der Waals surface area contributed by atoms with E-state index in [1.165, 1.54) is 0 Å². The van der Waals surface area contributed by atoms with E-state index in [0.717, 1.165) is 5.69 Å². The Bertz CT molecular complexity index is 554. The number of hydrogen-bond donors (Lipinski definition) is 0. The number of para-hydroxylation sites is 1. The second kappa shape index (κ2) is 6.81. The molecule has 0 atom stereocenters. The Hall–Kier alpha value is -2.21. The number of rotatable bonds is 6. The van der Waals surface area contributed by atoms with E-state index in [1.807, 2.05) is 25.1 Å². The molecule has 0 N–H and O–H groups in total. The molecule has 0 aliphatic carbocycles. The highest BCUT2D eigenvalue weighted by Gasteiger charge is 2.16. The Labute approximate surface area is 118 Å². The summed E-state index contributed by atoms with van der Waals surface area (Å²) in [5, 5.41) is 7.55. The summed E-state index contributed by atoms with van der Waals surface area (Å²) >= 11 is 0. The van der Waals surface area contributed by atoms with Gasteiger partial charge in [0.2, 0.25) is 0 Å². The molecule has 0 spiro atoms. The molecule has 20 heavy (non-hydrogen) atoms. The predicted molar refractivity (Wildman–Crippen MR) is 74.8 cm³/mol. The normalized spacial score (nSPS) is 10.5. The third-order valence-electron chi connectivity index (χ3n) is 2.95. The highest BCUT2D eigenvalue weighted by Crippen LogP contribution is 2.15. The van der Waals surface area contributed by atoms with Crippen LogP contribution in [0.4, 0.5) is 0 Å². The number of hydrogen-bond acceptors (Lipinski definition) is 4. The molecule has 1 amide bonds. The van der Waals surface area contributed by atoms with E-state index < -0.39 is 0 Å². The number of carbonyl (C=O) groups excluding carboxylic acids is 1. The molecule has 106 valence electrons. The van der Waals surface area contributed by atoms with Gasteiger partial charge in [-0.1, -0.05) is 12.1 Å². The van der Waals surface area contributed by atoms with Crippen molar-refractivity contribution in [3.63, 3.8) is 0 Å². The molecule has 0 bridgehead atoms. The molecule has 1 heterocycles. The molecule has 6 heteroatoms. The smallest absolute Gasteiger partial charge is 0.255 e. The van der Waals surface area contributed by atoms with Crippen LogP contribution < -0.4 is 0 Å². The fraction of sp³-hybridized carbons (Fsp3) is 0.357. The molecule has 0 saturated heterocycles. The number of amides is 1. The Kier molecular flexibility index (Phi) is 4.84. The quantitative estimate of drug-likeness (QED) is 0.747. The second-order valence-corrected chi connectivity index (χ2v) is 4.31.